The molecule has 1 atom stereocenters. The van der Waals surface area contributed by atoms with E-state index < -0.39 is 6.17 Å². The van der Waals surface area contributed by atoms with Crippen molar-refractivity contribution in [3.8, 4) is 34.4 Å². The summed E-state index contributed by atoms with van der Waals surface area (Å²) in [5, 5.41) is 4.49. The van der Waals surface area contributed by atoms with E-state index in [0.29, 0.717) is 34.3 Å². The smallest absolute Gasteiger partial charge is 0.218 e. The molecule has 8 heteroatoms. The maximum atomic E-state index is 13.8. The van der Waals surface area contributed by atoms with Gasteiger partial charge in [-0.2, -0.15) is 5.10 Å². The first-order valence-electron chi connectivity index (χ1n) is 9.45. The first-order chi connectivity index (χ1) is 14.5. The summed E-state index contributed by atoms with van der Waals surface area (Å²) in [6.07, 6.45) is 3.34. The molecule has 0 aliphatic carbocycles. The van der Waals surface area contributed by atoms with E-state index >= 15 is 0 Å². The van der Waals surface area contributed by atoms with Gasteiger partial charge in [-0.3, -0.25) is 4.98 Å². The van der Waals surface area contributed by atoms with Gasteiger partial charge in [0.25, 0.3) is 0 Å². The Bertz CT molecular complexity index is 1140. The van der Waals surface area contributed by atoms with Crippen LogP contribution in [0.2, 0.25) is 0 Å². The standard InChI is InChI=1S/C22H21FN6O/c1-14-6-7-16(22-26-12-15(13-27-22)17(23)11-24)20(9-14)30-21-10-19(28-29(21)2)18-5-3-4-8-25-18/h3-10,12-13,17H,11,24H2,1-2H3/t17-/m1/s1. The van der Waals surface area contributed by atoms with E-state index in [1.807, 2.05) is 49.4 Å². The first kappa shape index (κ1) is 19.7. The Hall–Kier alpha value is -3.65. The number of aryl methyl sites for hydroxylation is 2. The van der Waals surface area contributed by atoms with Gasteiger partial charge in [-0.1, -0.05) is 12.1 Å². The fraction of sp³-hybridized carbons (Fsp3) is 0.182. The summed E-state index contributed by atoms with van der Waals surface area (Å²) in [5.74, 6) is 1.56. The largest absolute Gasteiger partial charge is 0.439 e. The molecule has 2 N–H and O–H groups in total. The van der Waals surface area contributed by atoms with E-state index in [4.69, 9.17) is 10.5 Å². The molecule has 0 bridgehead atoms. The quantitative estimate of drug-likeness (QED) is 0.522. The summed E-state index contributed by atoms with van der Waals surface area (Å²) in [7, 11) is 1.80. The van der Waals surface area contributed by atoms with Crippen molar-refractivity contribution in [2.45, 2.75) is 13.1 Å². The van der Waals surface area contributed by atoms with Crippen LogP contribution in [0.3, 0.4) is 0 Å². The van der Waals surface area contributed by atoms with Crippen molar-refractivity contribution in [1.82, 2.24) is 24.7 Å². The van der Waals surface area contributed by atoms with E-state index in [1.165, 1.54) is 12.4 Å². The third-order valence-electron chi connectivity index (χ3n) is 4.60. The summed E-state index contributed by atoms with van der Waals surface area (Å²) in [5.41, 5.74) is 8.90. The topological polar surface area (TPSA) is 91.7 Å². The van der Waals surface area contributed by atoms with Crippen LogP contribution in [0.1, 0.15) is 17.3 Å². The molecule has 0 aliphatic rings. The molecular weight excluding hydrogens is 383 g/mol. The number of nitrogens with zero attached hydrogens (tertiary/aromatic N) is 5. The Balaban J connectivity index is 1.67. The number of aromatic nitrogens is 5. The number of hydrogen-bond donors (Lipinski definition) is 1. The predicted molar refractivity (Wildman–Crippen MR) is 112 cm³/mol. The molecule has 4 aromatic rings. The van der Waals surface area contributed by atoms with E-state index in [1.54, 1.807) is 17.9 Å². The highest BCUT2D eigenvalue weighted by Crippen LogP contribution is 2.34. The van der Waals surface area contributed by atoms with Crippen LogP contribution in [0.4, 0.5) is 4.39 Å². The van der Waals surface area contributed by atoms with Crippen molar-refractivity contribution >= 4 is 0 Å². The summed E-state index contributed by atoms with van der Waals surface area (Å²) in [6, 6.07) is 13.2. The number of halogens is 1. The molecule has 0 aliphatic heterocycles. The average molecular weight is 404 g/mol. The SMILES string of the molecule is Cc1ccc(-c2ncc([C@H](F)CN)cn2)c(Oc2cc(-c3ccccn3)nn2C)c1. The normalized spacial score (nSPS) is 12.0. The van der Waals surface area contributed by atoms with Crippen molar-refractivity contribution < 1.29 is 9.13 Å². The van der Waals surface area contributed by atoms with Crippen molar-refractivity contribution in [2.24, 2.45) is 12.8 Å². The first-order valence-corrected chi connectivity index (χ1v) is 9.45. The van der Waals surface area contributed by atoms with Crippen LogP contribution in [0.5, 0.6) is 11.6 Å². The zero-order valence-corrected chi connectivity index (χ0v) is 16.7. The Kier molecular flexibility index (Phi) is 5.49. The van der Waals surface area contributed by atoms with E-state index in [2.05, 4.69) is 20.1 Å². The molecule has 152 valence electrons. The van der Waals surface area contributed by atoms with Gasteiger partial charge in [-0.25, -0.2) is 19.0 Å². The number of rotatable bonds is 6. The fourth-order valence-electron chi connectivity index (χ4n) is 2.97. The maximum absolute atomic E-state index is 13.8. The van der Waals surface area contributed by atoms with Crippen molar-refractivity contribution in [2.75, 3.05) is 6.54 Å². The lowest BCUT2D eigenvalue weighted by Gasteiger charge is -2.12. The third kappa shape index (κ3) is 4.04. The minimum atomic E-state index is -1.28. The number of alkyl halides is 1. The molecule has 0 fully saturated rings. The summed E-state index contributed by atoms with van der Waals surface area (Å²) < 4.78 is 21.6. The zero-order chi connectivity index (χ0) is 21.1. The minimum absolute atomic E-state index is 0.110. The van der Waals surface area contributed by atoms with E-state index in [-0.39, 0.29) is 6.54 Å². The van der Waals surface area contributed by atoms with Crippen LogP contribution < -0.4 is 10.5 Å². The van der Waals surface area contributed by atoms with Gasteiger partial charge in [0.15, 0.2) is 5.82 Å². The molecule has 3 heterocycles. The predicted octanol–water partition coefficient (Wildman–Crippen LogP) is 4.01. The summed E-state index contributed by atoms with van der Waals surface area (Å²) in [4.78, 5) is 12.9. The Morgan fingerprint density at radius 2 is 1.87 bits per heavy atom. The molecule has 30 heavy (non-hydrogen) atoms. The van der Waals surface area contributed by atoms with Crippen LogP contribution in [-0.2, 0) is 7.05 Å². The Morgan fingerprint density at radius 1 is 1.07 bits per heavy atom. The average Bonchev–Trinajstić information content (AvgIpc) is 3.14. The van der Waals surface area contributed by atoms with E-state index in [0.717, 1.165) is 11.3 Å². The molecule has 0 spiro atoms. The molecule has 0 unspecified atom stereocenters. The monoisotopic (exact) mass is 404 g/mol. The molecule has 0 saturated heterocycles. The van der Waals surface area contributed by atoms with Gasteiger partial charge in [0.2, 0.25) is 5.88 Å². The Morgan fingerprint density at radius 3 is 2.57 bits per heavy atom. The molecule has 0 radical (unpaired) electrons. The van der Waals surface area contributed by atoms with Gasteiger partial charge in [0.1, 0.15) is 17.6 Å². The molecule has 7 nitrogen and oxygen atoms in total. The van der Waals surface area contributed by atoms with Gasteiger partial charge >= 0.3 is 0 Å². The molecule has 3 aromatic heterocycles. The number of ether oxygens (including phenoxy) is 1. The van der Waals surface area contributed by atoms with Crippen LogP contribution in [-0.4, -0.2) is 31.3 Å². The molecule has 1 aromatic carbocycles. The lowest BCUT2D eigenvalue weighted by molar-refractivity contribution is 0.351. The lowest BCUT2D eigenvalue weighted by Crippen LogP contribution is -2.08. The maximum Gasteiger partial charge on any atom is 0.218 e. The van der Waals surface area contributed by atoms with Crippen molar-refractivity contribution in [1.29, 1.82) is 0 Å². The van der Waals surface area contributed by atoms with Gasteiger partial charge in [-0.05, 0) is 36.8 Å². The van der Waals surface area contributed by atoms with Crippen molar-refractivity contribution in [3.05, 3.63) is 72.2 Å². The van der Waals surface area contributed by atoms with Gasteiger partial charge in [0, 0.05) is 43.8 Å². The van der Waals surface area contributed by atoms with Crippen LogP contribution in [0, 0.1) is 6.92 Å². The van der Waals surface area contributed by atoms with Crippen LogP contribution in [0.15, 0.2) is 61.1 Å². The fourth-order valence-corrected chi connectivity index (χ4v) is 2.97. The minimum Gasteiger partial charge on any atom is -0.439 e. The number of hydrogen-bond acceptors (Lipinski definition) is 6. The second-order valence-electron chi connectivity index (χ2n) is 6.85. The molecule has 4 rings (SSSR count). The second-order valence-corrected chi connectivity index (χ2v) is 6.85. The highest BCUT2D eigenvalue weighted by Gasteiger charge is 2.16. The second kappa shape index (κ2) is 8.38. The summed E-state index contributed by atoms with van der Waals surface area (Å²) >= 11 is 0. The van der Waals surface area contributed by atoms with Gasteiger partial charge < -0.3 is 10.5 Å². The Labute approximate surface area is 173 Å². The van der Waals surface area contributed by atoms with Crippen LogP contribution in [0.25, 0.3) is 22.8 Å². The van der Waals surface area contributed by atoms with E-state index in [9.17, 15) is 4.39 Å². The third-order valence-corrected chi connectivity index (χ3v) is 4.60. The van der Waals surface area contributed by atoms with Gasteiger partial charge in [0.05, 0.1) is 11.3 Å². The molecule has 0 saturated carbocycles. The summed E-state index contributed by atoms with van der Waals surface area (Å²) in [6.45, 7) is 1.86. The molecular formula is C22H21FN6O. The van der Waals surface area contributed by atoms with Gasteiger partial charge in [-0.15, -0.1) is 0 Å². The zero-order valence-electron chi connectivity index (χ0n) is 16.7. The number of pyridine rings is 1. The lowest BCUT2D eigenvalue weighted by atomic mass is 10.1. The number of nitrogens with two attached hydrogens (primary N) is 1. The highest BCUT2D eigenvalue weighted by atomic mass is 19.1. The van der Waals surface area contributed by atoms with Crippen LogP contribution >= 0.6 is 0 Å². The molecule has 0 amide bonds. The van der Waals surface area contributed by atoms with Crippen molar-refractivity contribution in [3.63, 3.8) is 0 Å². The number of benzene rings is 1. The highest BCUT2D eigenvalue weighted by molar-refractivity contribution is 5.66.